The van der Waals surface area contributed by atoms with Gasteiger partial charge in [0.1, 0.15) is 17.2 Å². The van der Waals surface area contributed by atoms with Crippen molar-refractivity contribution in [2.75, 3.05) is 6.61 Å². The average Bonchev–Trinajstić information content (AvgIpc) is 2.47. The number of ether oxygens (including phenoxy) is 2. The maximum Gasteiger partial charge on any atom is 0.310 e. The zero-order chi connectivity index (χ0) is 15.7. The van der Waals surface area contributed by atoms with Gasteiger partial charge >= 0.3 is 5.97 Å². The number of carbonyl (C=O) groups excluding carboxylic acids is 1. The van der Waals surface area contributed by atoms with Gasteiger partial charge in [0.15, 0.2) is 0 Å². The van der Waals surface area contributed by atoms with Crippen molar-refractivity contribution in [3.63, 3.8) is 0 Å². The van der Waals surface area contributed by atoms with E-state index in [2.05, 4.69) is 0 Å². The first-order chi connectivity index (χ1) is 10.5. The van der Waals surface area contributed by atoms with Gasteiger partial charge in [-0.15, -0.1) is 0 Å². The molecule has 2 aromatic rings. The quantitative estimate of drug-likeness (QED) is 0.802. The van der Waals surface area contributed by atoms with Crippen LogP contribution in [-0.4, -0.2) is 12.6 Å². The Morgan fingerprint density at radius 1 is 1.23 bits per heavy atom. The van der Waals surface area contributed by atoms with Crippen molar-refractivity contribution in [1.82, 2.24) is 0 Å². The molecule has 0 amide bonds. The van der Waals surface area contributed by atoms with Crippen LogP contribution < -0.4 is 4.74 Å². The summed E-state index contributed by atoms with van der Waals surface area (Å²) in [6.45, 7) is 3.85. The fourth-order valence-electron chi connectivity index (χ4n) is 2.88. The molecule has 0 fully saturated rings. The second-order valence-corrected chi connectivity index (χ2v) is 5.50. The molecule has 0 saturated heterocycles. The zero-order valence-electron chi connectivity index (χ0n) is 12.6. The zero-order valence-corrected chi connectivity index (χ0v) is 12.6. The lowest BCUT2D eigenvalue weighted by Crippen LogP contribution is -2.36. The summed E-state index contributed by atoms with van der Waals surface area (Å²) < 4.78 is 24.8. The number of rotatable bonds is 3. The molecule has 0 aromatic heterocycles. The molecule has 1 aliphatic heterocycles. The number of fused-ring (bicyclic) bond motifs is 3. The highest BCUT2D eigenvalue weighted by Gasteiger charge is 2.39. The standard InChI is InChI=1S/C18H17FO3/c1-3-21-17(20)11-18(2)15-10-12(19)8-9-13(15)14-6-4-5-7-16(14)22-18/h4-10H,3,11H2,1-2H3. The second kappa shape index (κ2) is 5.44. The predicted molar refractivity (Wildman–Crippen MR) is 81.1 cm³/mol. The van der Waals surface area contributed by atoms with Gasteiger partial charge < -0.3 is 9.47 Å². The summed E-state index contributed by atoms with van der Waals surface area (Å²) in [4.78, 5) is 11.9. The lowest BCUT2D eigenvalue weighted by molar-refractivity contribution is -0.147. The Balaban J connectivity index is 2.11. The third kappa shape index (κ3) is 2.45. The Bertz CT molecular complexity index is 726. The molecule has 3 rings (SSSR count). The van der Waals surface area contributed by atoms with Crippen molar-refractivity contribution in [3.8, 4) is 16.9 Å². The molecule has 1 unspecified atom stereocenters. The van der Waals surface area contributed by atoms with E-state index in [4.69, 9.17) is 9.47 Å². The molecule has 4 heteroatoms. The lowest BCUT2D eigenvalue weighted by atomic mass is 9.83. The Hall–Kier alpha value is -2.36. The van der Waals surface area contributed by atoms with E-state index in [1.807, 2.05) is 24.3 Å². The van der Waals surface area contributed by atoms with Crippen LogP contribution >= 0.6 is 0 Å². The van der Waals surface area contributed by atoms with Gasteiger partial charge in [-0.1, -0.05) is 24.3 Å². The Morgan fingerprint density at radius 3 is 2.77 bits per heavy atom. The smallest absolute Gasteiger partial charge is 0.310 e. The van der Waals surface area contributed by atoms with Crippen LogP contribution in [0.1, 0.15) is 25.8 Å². The minimum atomic E-state index is -0.946. The van der Waals surface area contributed by atoms with Gasteiger partial charge in [0.25, 0.3) is 0 Å². The van der Waals surface area contributed by atoms with Gasteiger partial charge in [0, 0.05) is 11.1 Å². The highest BCUT2D eigenvalue weighted by atomic mass is 19.1. The van der Waals surface area contributed by atoms with Crippen LogP contribution in [0.2, 0.25) is 0 Å². The maximum absolute atomic E-state index is 13.7. The summed E-state index contributed by atoms with van der Waals surface area (Å²) in [5.74, 6) is -0.0233. The van der Waals surface area contributed by atoms with E-state index in [-0.39, 0.29) is 18.2 Å². The second-order valence-electron chi connectivity index (χ2n) is 5.50. The van der Waals surface area contributed by atoms with Crippen molar-refractivity contribution in [1.29, 1.82) is 0 Å². The van der Waals surface area contributed by atoms with Crippen LogP contribution in [0.3, 0.4) is 0 Å². The van der Waals surface area contributed by atoms with Crippen LogP contribution in [0.15, 0.2) is 42.5 Å². The molecular weight excluding hydrogens is 283 g/mol. The van der Waals surface area contributed by atoms with Gasteiger partial charge in [-0.05, 0) is 37.6 Å². The first kappa shape index (κ1) is 14.6. The van der Waals surface area contributed by atoms with Gasteiger partial charge in [-0.25, -0.2) is 4.39 Å². The fraction of sp³-hybridized carbons (Fsp3) is 0.278. The molecule has 114 valence electrons. The number of hydrogen-bond donors (Lipinski definition) is 0. The van der Waals surface area contributed by atoms with Crippen molar-refractivity contribution in [2.45, 2.75) is 25.9 Å². The molecule has 2 aromatic carbocycles. The van der Waals surface area contributed by atoms with Crippen LogP contribution in [-0.2, 0) is 15.1 Å². The number of hydrogen-bond acceptors (Lipinski definition) is 3. The highest BCUT2D eigenvalue weighted by molar-refractivity contribution is 5.79. The van der Waals surface area contributed by atoms with Crippen LogP contribution in [0.5, 0.6) is 5.75 Å². The number of carbonyl (C=O) groups is 1. The number of esters is 1. The van der Waals surface area contributed by atoms with E-state index in [1.165, 1.54) is 12.1 Å². The summed E-state index contributed by atoms with van der Waals surface area (Å²) in [5.41, 5.74) is 1.51. The highest BCUT2D eigenvalue weighted by Crippen LogP contribution is 2.46. The largest absolute Gasteiger partial charge is 0.482 e. The van der Waals surface area contributed by atoms with Crippen LogP contribution in [0.25, 0.3) is 11.1 Å². The molecule has 1 aliphatic rings. The summed E-state index contributed by atoms with van der Waals surface area (Å²) in [6.07, 6.45) is 0.0334. The van der Waals surface area contributed by atoms with E-state index in [0.717, 1.165) is 11.1 Å². The first-order valence-corrected chi connectivity index (χ1v) is 7.27. The van der Waals surface area contributed by atoms with Crippen molar-refractivity contribution in [2.24, 2.45) is 0 Å². The van der Waals surface area contributed by atoms with Gasteiger partial charge in [-0.3, -0.25) is 4.79 Å². The molecule has 1 heterocycles. The third-order valence-corrected chi connectivity index (χ3v) is 3.85. The van der Waals surface area contributed by atoms with E-state index >= 15 is 0 Å². The molecular formula is C18H17FO3. The van der Waals surface area contributed by atoms with E-state index in [1.54, 1.807) is 19.9 Å². The van der Waals surface area contributed by atoms with Crippen molar-refractivity contribution < 1.29 is 18.7 Å². The van der Waals surface area contributed by atoms with Crippen LogP contribution in [0.4, 0.5) is 4.39 Å². The predicted octanol–water partition coefficient (Wildman–Crippen LogP) is 4.05. The van der Waals surface area contributed by atoms with Crippen molar-refractivity contribution in [3.05, 3.63) is 53.8 Å². The van der Waals surface area contributed by atoms with Gasteiger partial charge in [-0.2, -0.15) is 0 Å². The molecule has 0 radical (unpaired) electrons. The average molecular weight is 300 g/mol. The number of benzene rings is 2. The number of para-hydroxylation sites is 1. The molecule has 22 heavy (non-hydrogen) atoms. The summed E-state index contributed by atoms with van der Waals surface area (Å²) >= 11 is 0. The molecule has 0 spiro atoms. The topological polar surface area (TPSA) is 35.5 Å². The monoisotopic (exact) mass is 300 g/mol. The SMILES string of the molecule is CCOC(=O)CC1(C)Oc2ccccc2-c2ccc(F)cc21. The lowest BCUT2D eigenvalue weighted by Gasteiger charge is -2.37. The Morgan fingerprint density at radius 2 is 2.00 bits per heavy atom. The minimum absolute atomic E-state index is 0.0334. The maximum atomic E-state index is 13.7. The first-order valence-electron chi connectivity index (χ1n) is 7.27. The van der Waals surface area contributed by atoms with Gasteiger partial charge in [0.2, 0.25) is 0 Å². The molecule has 0 N–H and O–H groups in total. The minimum Gasteiger partial charge on any atom is -0.482 e. The molecule has 0 bridgehead atoms. The molecule has 0 saturated carbocycles. The summed E-state index contributed by atoms with van der Waals surface area (Å²) in [5, 5.41) is 0. The molecule has 3 nitrogen and oxygen atoms in total. The molecule has 0 aliphatic carbocycles. The third-order valence-electron chi connectivity index (χ3n) is 3.85. The van der Waals surface area contributed by atoms with E-state index in [9.17, 15) is 9.18 Å². The Kier molecular flexibility index (Phi) is 3.61. The van der Waals surface area contributed by atoms with Gasteiger partial charge in [0.05, 0.1) is 13.0 Å². The van der Waals surface area contributed by atoms with Crippen LogP contribution in [0, 0.1) is 5.82 Å². The Labute approximate surface area is 128 Å². The van der Waals surface area contributed by atoms with Crippen molar-refractivity contribution >= 4 is 5.97 Å². The normalized spacial score (nSPS) is 18.9. The van der Waals surface area contributed by atoms with E-state index in [0.29, 0.717) is 17.9 Å². The summed E-state index contributed by atoms with van der Waals surface area (Å²) in [7, 11) is 0. The van der Waals surface area contributed by atoms with E-state index < -0.39 is 5.60 Å². The fourth-order valence-corrected chi connectivity index (χ4v) is 2.88. The summed E-state index contributed by atoms with van der Waals surface area (Å²) in [6, 6.07) is 12.1. The number of halogens is 1. The molecule has 1 atom stereocenters.